The van der Waals surface area contributed by atoms with Crippen LogP contribution in [0.25, 0.3) is 11.3 Å². The summed E-state index contributed by atoms with van der Waals surface area (Å²) in [5.41, 5.74) is -1.73. The summed E-state index contributed by atoms with van der Waals surface area (Å²) in [6.45, 7) is 6.29. The first kappa shape index (κ1) is 26.6. The highest BCUT2D eigenvalue weighted by Crippen LogP contribution is 2.51. The lowest BCUT2D eigenvalue weighted by molar-refractivity contribution is -0.276. The summed E-state index contributed by atoms with van der Waals surface area (Å²) in [7, 11) is 0. The van der Waals surface area contributed by atoms with Crippen LogP contribution in [0.3, 0.4) is 0 Å². The van der Waals surface area contributed by atoms with Gasteiger partial charge in [-0.1, -0.05) is 0 Å². The third-order valence-corrected chi connectivity index (χ3v) is 6.98. The highest BCUT2D eigenvalue weighted by Gasteiger charge is 2.44. The number of rotatable bonds is 4. The van der Waals surface area contributed by atoms with Crippen LogP contribution in [-0.4, -0.2) is 41.0 Å². The number of aromatic nitrogens is 1. The van der Waals surface area contributed by atoms with E-state index in [1.54, 1.807) is 31.1 Å². The molecule has 1 aromatic heterocycles. The molecule has 2 fully saturated rings. The lowest BCUT2D eigenvalue weighted by Gasteiger charge is -2.32. The molecule has 0 spiro atoms. The second-order valence-corrected chi connectivity index (χ2v) is 11.0. The second-order valence-electron chi connectivity index (χ2n) is 10.1. The standard InChI is InChI=1S/C24H26F6N2O3S/c1-22(2,3)35-21(33)32-8-6-14(7-9-32)20-31-17(12-36-20)15-10-16(13-4-5-13)19(23(25,26)27)18(11-15)34-24(28,29)30/h10-14H,4-9H2,1-3H3. The number of halogens is 6. The second kappa shape index (κ2) is 9.42. The zero-order valence-electron chi connectivity index (χ0n) is 19.9. The van der Waals surface area contributed by atoms with Crippen LogP contribution >= 0.6 is 11.3 Å². The molecule has 2 aliphatic rings. The van der Waals surface area contributed by atoms with Crippen molar-refractivity contribution in [2.75, 3.05) is 13.1 Å². The molecule has 1 saturated heterocycles. The third-order valence-electron chi connectivity index (χ3n) is 5.97. The molecule has 1 saturated carbocycles. The Morgan fingerprint density at radius 3 is 2.17 bits per heavy atom. The Kier molecular flexibility index (Phi) is 6.95. The van der Waals surface area contributed by atoms with Crippen molar-refractivity contribution in [2.45, 2.75) is 76.4 Å². The molecule has 1 aliphatic carbocycles. The summed E-state index contributed by atoms with van der Waals surface area (Å²) < 4.78 is 89.4. The molecular weight excluding hydrogens is 510 g/mol. The van der Waals surface area contributed by atoms with Crippen molar-refractivity contribution in [3.8, 4) is 17.0 Å². The van der Waals surface area contributed by atoms with Crippen LogP contribution in [0.2, 0.25) is 0 Å². The maximum Gasteiger partial charge on any atom is 0.573 e. The van der Waals surface area contributed by atoms with E-state index >= 15 is 0 Å². The van der Waals surface area contributed by atoms with Crippen LogP contribution < -0.4 is 4.74 Å². The Morgan fingerprint density at radius 1 is 1.00 bits per heavy atom. The quantitative estimate of drug-likeness (QED) is 0.376. The molecule has 0 atom stereocenters. The normalized spacial score (nSPS) is 17.9. The molecule has 1 amide bonds. The number of likely N-dealkylation sites (tertiary alicyclic amines) is 1. The molecular formula is C24H26F6N2O3S. The summed E-state index contributed by atoms with van der Waals surface area (Å²) in [5, 5.41) is 2.35. The van der Waals surface area contributed by atoms with E-state index in [1.165, 1.54) is 17.4 Å². The van der Waals surface area contributed by atoms with Gasteiger partial charge >= 0.3 is 18.6 Å². The van der Waals surface area contributed by atoms with Crippen molar-refractivity contribution < 1.29 is 40.6 Å². The Balaban J connectivity index is 1.57. The highest BCUT2D eigenvalue weighted by molar-refractivity contribution is 7.10. The predicted molar refractivity (Wildman–Crippen MR) is 121 cm³/mol. The first-order valence-corrected chi connectivity index (χ1v) is 12.4. The number of benzene rings is 1. The van der Waals surface area contributed by atoms with Crippen molar-refractivity contribution in [3.05, 3.63) is 33.6 Å². The number of thiazole rings is 1. The fraction of sp³-hybridized carbons (Fsp3) is 0.583. The van der Waals surface area contributed by atoms with E-state index in [2.05, 4.69) is 9.72 Å². The van der Waals surface area contributed by atoms with Crippen molar-refractivity contribution in [3.63, 3.8) is 0 Å². The number of hydrogen-bond acceptors (Lipinski definition) is 5. The SMILES string of the molecule is CC(C)(C)OC(=O)N1CCC(c2nc(-c3cc(OC(F)(F)F)c(C(F)(F)F)c(C4CC4)c3)cs2)CC1. The molecule has 12 heteroatoms. The molecule has 2 aromatic rings. The van der Waals surface area contributed by atoms with E-state index in [-0.39, 0.29) is 17.0 Å². The van der Waals surface area contributed by atoms with Crippen LogP contribution in [0.4, 0.5) is 31.1 Å². The molecule has 198 valence electrons. The molecule has 4 rings (SSSR count). The Hall–Kier alpha value is -2.50. The minimum Gasteiger partial charge on any atom is -0.444 e. The fourth-order valence-electron chi connectivity index (χ4n) is 4.25. The third kappa shape index (κ3) is 6.43. The monoisotopic (exact) mass is 536 g/mol. The van der Waals surface area contributed by atoms with Gasteiger partial charge in [-0.25, -0.2) is 9.78 Å². The maximum atomic E-state index is 13.7. The van der Waals surface area contributed by atoms with Gasteiger partial charge in [-0.2, -0.15) is 13.2 Å². The van der Waals surface area contributed by atoms with Gasteiger partial charge in [-0.15, -0.1) is 24.5 Å². The zero-order chi connectivity index (χ0) is 26.5. The average Bonchev–Trinajstić information content (AvgIpc) is 3.46. The van der Waals surface area contributed by atoms with Gasteiger partial charge in [0.2, 0.25) is 0 Å². The molecule has 2 heterocycles. The van der Waals surface area contributed by atoms with E-state index in [4.69, 9.17) is 4.74 Å². The van der Waals surface area contributed by atoms with Gasteiger partial charge in [0.15, 0.2) is 0 Å². The molecule has 0 unspecified atom stereocenters. The first-order valence-electron chi connectivity index (χ1n) is 11.6. The Labute approximate surface area is 208 Å². The smallest absolute Gasteiger partial charge is 0.444 e. The van der Waals surface area contributed by atoms with E-state index in [0.717, 1.165) is 11.1 Å². The number of carbonyl (C=O) groups is 1. The lowest BCUT2D eigenvalue weighted by atomic mass is 9.96. The molecule has 0 N–H and O–H groups in total. The van der Waals surface area contributed by atoms with Crippen molar-refractivity contribution in [1.29, 1.82) is 0 Å². The number of hydrogen-bond donors (Lipinski definition) is 0. The predicted octanol–water partition coefficient (Wildman–Crippen LogP) is 7.72. The number of amides is 1. The number of alkyl halides is 6. The molecule has 36 heavy (non-hydrogen) atoms. The van der Waals surface area contributed by atoms with Crippen molar-refractivity contribution >= 4 is 17.4 Å². The highest BCUT2D eigenvalue weighted by atomic mass is 32.1. The van der Waals surface area contributed by atoms with Crippen LogP contribution in [0, 0.1) is 0 Å². The summed E-state index contributed by atoms with van der Waals surface area (Å²) in [6.07, 6.45) is -8.48. The number of carbonyl (C=O) groups excluding carboxylic acids is 1. The lowest BCUT2D eigenvalue weighted by Crippen LogP contribution is -2.41. The molecule has 1 aromatic carbocycles. The Morgan fingerprint density at radius 2 is 1.64 bits per heavy atom. The van der Waals surface area contributed by atoms with Gasteiger partial charge in [0.05, 0.1) is 10.7 Å². The molecule has 0 bridgehead atoms. The fourth-order valence-corrected chi connectivity index (χ4v) is 5.25. The van der Waals surface area contributed by atoms with Gasteiger partial charge in [0, 0.05) is 30.0 Å². The summed E-state index contributed by atoms with van der Waals surface area (Å²) in [5.74, 6) is -1.70. The van der Waals surface area contributed by atoms with Crippen LogP contribution in [0.15, 0.2) is 17.5 Å². The summed E-state index contributed by atoms with van der Waals surface area (Å²) in [6, 6.07) is 2.06. The molecule has 0 radical (unpaired) electrons. The average molecular weight is 537 g/mol. The van der Waals surface area contributed by atoms with Gasteiger partial charge in [0.25, 0.3) is 0 Å². The molecule has 5 nitrogen and oxygen atoms in total. The summed E-state index contributed by atoms with van der Waals surface area (Å²) >= 11 is 1.30. The minimum absolute atomic E-state index is 0.0192. The van der Waals surface area contributed by atoms with Crippen LogP contribution in [0.1, 0.15) is 74.4 Å². The first-order chi connectivity index (χ1) is 16.6. The largest absolute Gasteiger partial charge is 0.573 e. The zero-order valence-corrected chi connectivity index (χ0v) is 20.7. The topological polar surface area (TPSA) is 51.7 Å². The van der Waals surface area contributed by atoms with E-state index < -0.39 is 41.5 Å². The van der Waals surface area contributed by atoms with Crippen LogP contribution in [0.5, 0.6) is 5.75 Å². The van der Waals surface area contributed by atoms with Crippen molar-refractivity contribution in [1.82, 2.24) is 9.88 Å². The van der Waals surface area contributed by atoms with E-state index in [9.17, 15) is 31.1 Å². The van der Waals surface area contributed by atoms with Crippen LogP contribution in [-0.2, 0) is 10.9 Å². The van der Waals surface area contributed by atoms with Gasteiger partial charge < -0.3 is 14.4 Å². The number of piperidine rings is 1. The van der Waals surface area contributed by atoms with Gasteiger partial charge in [0.1, 0.15) is 16.9 Å². The molecule has 1 aliphatic heterocycles. The van der Waals surface area contributed by atoms with Gasteiger partial charge in [-0.3, -0.25) is 0 Å². The van der Waals surface area contributed by atoms with Gasteiger partial charge in [-0.05, 0) is 70.1 Å². The van der Waals surface area contributed by atoms with Crippen molar-refractivity contribution in [2.24, 2.45) is 0 Å². The van der Waals surface area contributed by atoms with E-state index in [1.807, 2.05) is 0 Å². The number of nitrogens with zero attached hydrogens (tertiary/aromatic N) is 2. The summed E-state index contributed by atoms with van der Waals surface area (Å²) in [4.78, 5) is 18.5. The maximum absolute atomic E-state index is 13.7. The minimum atomic E-state index is -5.27. The number of ether oxygens (including phenoxy) is 2. The van der Waals surface area contributed by atoms with E-state index in [0.29, 0.717) is 44.5 Å². The Bertz CT molecular complexity index is 1110.